The van der Waals surface area contributed by atoms with Crippen LogP contribution in [0.25, 0.3) is 5.69 Å². The molecule has 10 heteroatoms. The topological polar surface area (TPSA) is 68.1 Å². The van der Waals surface area contributed by atoms with E-state index >= 15 is 0 Å². The first-order valence-electron chi connectivity index (χ1n) is 11.9. The van der Waals surface area contributed by atoms with Gasteiger partial charge in [0.05, 0.1) is 11.4 Å². The summed E-state index contributed by atoms with van der Waals surface area (Å²) in [4.78, 5) is 15.8. The molecule has 1 unspecified atom stereocenters. The molecule has 2 aromatic carbocycles. The molecule has 0 saturated carbocycles. The Hall–Kier alpha value is -3.98. The molecule has 2 aliphatic rings. The van der Waals surface area contributed by atoms with Gasteiger partial charge in [0.25, 0.3) is 0 Å². The normalized spacial score (nSPS) is 16.8. The molecule has 0 radical (unpaired) electrons. The number of benzene rings is 2. The van der Waals surface area contributed by atoms with Crippen LogP contribution in [0.15, 0.2) is 61.1 Å². The second kappa shape index (κ2) is 9.48. The molecule has 6 rings (SSSR count). The Kier molecular flexibility index (Phi) is 6.00. The highest BCUT2D eigenvalue weighted by molar-refractivity contribution is 6.29. The van der Waals surface area contributed by atoms with Crippen molar-refractivity contribution in [3.8, 4) is 11.4 Å². The maximum atomic E-state index is 14.8. The minimum absolute atomic E-state index is 0.287. The number of imidazole rings is 1. The van der Waals surface area contributed by atoms with E-state index in [1.807, 2.05) is 42.3 Å². The van der Waals surface area contributed by atoms with E-state index in [4.69, 9.17) is 26.3 Å². The lowest BCUT2D eigenvalue weighted by molar-refractivity contribution is 0.361. The largest absolute Gasteiger partial charge is 0.487 e. The first-order chi connectivity index (χ1) is 18.0. The maximum Gasteiger partial charge on any atom is 0.229 e. The molecule has 188 valence electrons. The zero-order valence-electron chi connectivity index (χ0n) is 20.0. The molecule has 3 heterocycles. The van der Waals surface area contributed by atoms with Gasteiger partial charge in [-0.2, -0.15) is 4.98 Å². The third-order valence-corrected chi connectivity index (χ3v) is 6.85. The van der Waals surface area contributed by atoms with Gasteiger partial charge in [-0.15, -0.1) is 0 Å². The van der Waals surface area contributed by atoms with Crippen molar-refractivity contribution >= 4 is 29.1 Å². The van der Waals surface area contributed by atoms with Gasteiger partial charge in [0, 0.05) is 49.1 Å². The van der Waals surface area contributed by atoms with Crippen molar-refractivity contribution in [1.82, 2.24) is 19.5 Å². The Bertz CT molecular complexity index is 1520. The molecular weight excluding hydrogens is 498 g/mol. The highest BCUT2D eigenvalue weighted by Crippen LogP contribution is 2.42. The third kappa shape index (κ3) is 4.51. The zero-order chi connectivity index (χ0) is 25.5. The number of fused-ring (bicyclic) bond motifs is 6. The van der Waals surface area contributed by atoms with Gasteiger partial charge in [-0.1, -0.05) is 23.7 Å². The predicted octanol–water partition coefficient (Wildman–Crippen LogP) is 5.80. The molecule has 4 aromatic rings. The number of likely N-dealkylation sites (N-methyl/N-ethyl adjacent to an activating group) is 1. The molecule has 4 bridgehead atoms. The van der Waals surface area contributed by atoms with Gasteiger partial charge in [0.2, 0.25) is 5.95 Å². The summed E-state index contributed by atoms with van der Waals surface area (Å²) in [5.41, 5.74) is 3.69. The highest BCUT2D eigenvalue weighted by atomic mass is 35.5. The first kappa shape index (κ1) is 23.4. The van der Waals surface area contributed by atoms with Crippen molar-refractivity contribution in [2.45, 2.75) is 18.8 Å². The molecule has 1 atom stereocenters. The Morgan fingerprint density at radius 3 is 2.81 bits per heavy atom. The summed E-state index contributed by atoms with van der Waals surface area (Å²) in [5.74, 6) is 0.358. The van der Waals surface area contributed by atoms with E-state index in [9.17, 15) is 8.78 Å². The SMILES string of the molecule is CN1CC=CCOc2cc(ccc2-n2cnc(Cl)c2)Nc2nc3c(c1n2)CCC3c1ccc(F)cc1F. The minimum atomic E-state index is -0.596. The predicted molar refractivity (Wildman–Crippen MR) is 138 cm³/mol. The van der Waals surface area contributed by atoms with E-state index in [-0.39, 0.29) is 5.92 Å². The van der Waals surface area contributed by atoms with Crippen LogP contribution in [0.1, 0.15) is 29.2 Å². The molecule has 1 aliphatic heterocycles. The van der Waals surface area contributed by atoms with Crippen molar-refractivity contribution < 1.29 is 13.5 Å². The molecule has 0 fully saturated rings. The van der Waals surface area contributed by atoms with Gasteiger partial charge in [-0.3, -0.25) is 0 Å². The number of nitrogens with one attached hydrogen (secondary N) is 1. The number of anilines is 3. The minimum Gasteiger partial charge on any atom is -0.487 e. The van der Waals surface area contributed by atoms with Crippen LogP contribution in [0.5, 0.6) is 5.75 Å². The average molecular weight is 521 g/mol. The fourth-order valence-electron chi connectivity index (χ4n) is 4.91. The monoisotopic (exact) mass is 520 g/mol. The van der Waals surface area contributed by atoms with E-state index < -0.39 is 11.6 Å². The van der Waals surface area contributed by atoms with Crippen LogP contribution in [-0.4, -0.2) is 39.7 Å². The maximum absolute atomic E-state index is 14.8. The molecule has 0 spiro atoms. The lowest BCUT2D eigenvalue weighted by Crippen LogP contribution is -2.21. The van der Waals surface area contributed by atoms with Crippen LogP contribution in [0.3, 0.4) is 0 Å². The molecule has 37 heavy (non-hydrogen) atoms. The van der Waals surface area contributed by atoms with Crippen LogP contribution in [-0.2, 0) is 6.42 Å². The van der Waals surface area contributed by atoms with Crippen molar-refractivity contribution in [2.24, 2.45) is 0 Å². The van der Waals surface area contributed by atoms with Crippen LogP contribution in [0, 0.1) is 11.6 Å². The molecule has 0 amide bonds. The molecule has 1 aliphatic carbocycles. The van der Waals surface area contributed by atoms with Crippen molar-refractivity contribution in [3.05, 3.63) is 94.7 Å². The van der Waals surface area contributed by atoms with E-state index in [0.717, 1.165) is 34.5 Å². The summed E-state index contributed by atoms with van der Waals surface area (Å²) in [7, 11) is 1.96. The zero-order valence-corrected chi connectivity index (χ0v) is 20.7. The quantitative estimate of drug-likeness (QED) is 0.337. The van der Waals surface area contributed by atoms with Gasteiger partial charge < -0.3 is 19.5 Å². The van der Waals surface area contributed by atoms with Crippen molar-refractivity contribution in [2.75, 3.05) is 30.4 Å². The Morgan fingerprint density at radius 1 is 1.11 bits per heavy atom. The number of ether oxygens (including phenoxy) is 1. The fourth-order valence-corrected chi connectivity index (χ4v) is 5.06. The van der Waals surface area contributed by atoms with Gasteiger partial charge in [0.15, 0.2) is 0 Å². The first-order valence-corrected chi connectivity index (χ1v) is 12.3. The van der Waals surface area contributed by atoms with Gasteiger partial charge in [-0.25, -0.2) is 18.7 Å². The van der Waals surface area contributed by atoms with E-state index in [2.05, 4.69) is 10.3 Å². The number of hydrogen-bond acceptors (Lipinski definition) is 6. The molecule has 1 N–H and O–H groups in total. The van der Waals surface area contributed by atoms with Crippen LogP contribution >= 0.6 is 11.6 Å². The lowest BCUT2D eigenvalue weighted by Gasteiger charge is -2.21. The molecule has 0 saturated heterocycles. The Balaban J connectivity index is 1.44. The third-order valence-electron chi connectivity index (χ3n) is 6.66. The van der Waals surface area contributed by atoms with Crippen LogP contribution in [0.4, 0.5) is 26.2 Å². The number of nitrogens with zero attached hydrogens (tertiary/aromatic N) is 5. The second-order valence-corrected chi connectivity index (χ2v) is 9.45. The van der Waals surface area contributed by atoms with Gasteiger partial charge in [-0.05, 0) is 42.7 Å². The van der Waals surface area contributed by atoms with E-state index in [0.29, 0.717) is 48.4 Å². The van der Waals surface area contributed by atoms with Crippen molar-refractivity contribution in [1.29, 1.82) is 0 Å². The smallest absolute Gasteiger partial charge is 0.229 e. The number of aromatic nitrogens is 4. The Morgan fingerprint density at radius 2 is 2.00 bits per heavy atom. The van der Waals surface area contributed by atoms with Crippen LogP contribution in [0.2, 0.25) is 5.15 Å². The Labute approximate surface area is 217 Å². The number of halogens is 3. The van der Waals surface area contributed by atoms with E-state index in [1.165, 1.54) is 12.1 Å². The summed E-state index contributed by atoms with van der Waals surface area (Å²) in [6, 6.07) is 9.39. The molecule has 7 nitrogen and oxygen atoms in total. The van der Waals surface area contributed by atoms with Gasteiger partial charge in [0.1, 0.15) is 41.3 Å². The van der Waals surface area contributed by atoms with Crippen molar-refractivity contribution in [3.63, 3.8) is 0 Å². The summed E-state index contributed by atoms with van der Waals surface area (Å²) >= 11 is 6.03. The number of hydrogen-bond donors (Lipinski definition) is 1. The summed E-state index contributed by atoms with van der Waals surface area (Å²) in [5, 5.41) is 3.68. The average Bonchev–Trinajstić information content (AvgIpc) is 3.49. The lowest BCUT2D eigenvalue weighted by atomic mass is 9.96. The van der Waals surface area contributed by atoms with E-state index in [1.54, 1.807) is 17.1 Å². The standard InChI is InChI=1S/C27H23ClF2N6O/c1-35-10-2-3-11-37-23-13-17(5-9-22(23)36-14-24(28)31-15-36)32-27-33-25-19(7-8-20(25)26(35)34-27)18-6-4-16(29)12-21(18)30/h2-6,9,12-15,19H,7-8,10-11H2,1H3,(H,32,33,34). The number of rotatable bonds is 2. The summed E-state index contributed by atoms with van der Waals surface area (Å²) in [6.07, 6.45) is 8.69. The fraction of sp³-hybridized carbons (Fsp3) is 0.222. The van der Waals surface area contributed by atoms with Gasteiger partial charge >= 0.3 is 0 Å². The molecule has 2 aromatic heterocycles. The summed E-state index contributed by atoms with van der Waals surface area (Å²) < 4.78 is 36.2. The highest BCUT2D eigenvalue weighted by Gasteiger charge is 2.32. The van der Waals surface area contributed by atoms with Crippen LogP contribution < -0.4 is 15.0 Å². The second-order valence-electron chi connectivity index (χ2n) is 9.07. The summed E-state index contributed by atoms with van der Waals surface area (Å²) in [6.45, 7) is 0.976. The molecular formula is C27H23ClF2N6O.